The highest BCUT2D eigenvalue weighted by Gasteiger charge is 2.05. The topological polar surface area (TPSA) is 105 Å². The number of pyridine rings is 2. The van der Waals surface area contributed by atoms with Crippen LogP contribution in [0.15, 0.2) is 59.3 Å². The Hall–Kier alpha value is -3.08. The molecule has 0 aromatic carbocycles. The van der Waals surface area contributed by atoms with Crippen molar-refractivity contribution in [2.45, 2.75) is 13.1 Å². The van der Waals surface area contributed by atoms with Gasteiger partial charge in [-0.25, -0.2) is 9.13 Å². The predicted octanol–water partition coefficient (Wildman–Crippen LogP) is 2.55. The highest BCUT2D eigenvalue weighted by atomic mass is 15.1. The fourth-order valence-electron chi connectivity index (χ4n) is 2.01. The zero-order valence-corrected chi connectivity index (χ0v) is 12.0. The molecule has 0 atom stereocenters. The summed E-state index contributed by atoms with van der Waals surface area (Å²) in [6, 6.07) is 8.09. The highest BCUT2D eigenvalue weighted by Crippen LogP contribution is 2.15. The highest BCUT2D eigenvalue weighted by molar-refractivity contribution is 5.60. The minimum Gasteiger partial charge on any atom is -0.205 e. The van der Waals surface area contributed by atoms with Gasteiger partial charge in [-0.3, -0.25) is 0 Å². The molecule has 0 radical (unpaired) electrons. The maximum absolute atomic E-state index is 8.25. The van der Waals surface area contributed by atoms with Crippen molar-refractivity contribution in [3.8, 4) is 11.1 Å². The second kappa shape index (κ2) is 8.26. The molecule has 8 nitrogen and oxygen atoms in total. The predicted molar refractivity (Wildman–Crippen MR) is 80.3 cm³/mol. The van der Waals surface area contributed by atoms with E-state index in [0.29, 0.717) is 26.2 Å². The van der Waals surface area contributed by atoms with Crippen LogP contribution in [-0.4, -0.2) is 13.1 Å². The van der Waals surface area contributed by atoms with E-state index in [1.165, 1.54) is 0 Å². The van der Waals surface area contributed by atoms with Crippen LogP contribution in [0.2, 0.25) is 0 Å². The molecule has 22 heavy (non-hydrogen) atoms. The molecule has 2 heterocycles. The van der Waals surface area contributed by atoms with Crippen LogP contribution in [0.1, 0.15) is 0 Å². The quantitative estimate of drug-likeness (QED) is 0.324. The van der Waals surface area contributed by atoms with E-state index in [9.17, 15) is 0 Å². The molecule has 2 rings (SSSR count). The van der Waals surface area contributed by atoms with Gasteiger partial charge < -0.3 is 0 Å². The Kier molecular flexibility index (Phi) is 5.75. The lowest BCUT2D eigenvalue weighted by molar-refractivity contribution is -0.694. The van der Waals surface area contributed by atoms with E-state index in [0.717, 1.165) is 11.1 Å². The van der Waals surface area contributed by atoms with Gasteiger partial charge in [0.25, 0.3) is 0 Å². The van der Waals surface area contributed by atoms with Crippen LogP contribution in [0.5, 0.6) is 0 Å². The third kappa shape index (κ3) is 4.49. The third-order valence-electron chi connectivity index (χ3n) is 3.16. The molecule has 110 valence electrons. The first kappa shape index (κ1) is 15.3. The van der Waals surface area contributed by atoms with Crippen LogP contribution < -0.4 is 9.13 Å². The van der Waals surface area contributed by atoms with Gasteiger partial charge in [0.05, 0.1) is 13.1 Å². The van der Waals surface area contributed by atoms with Crippen LogP contribution in [0.25, 0.3) is 32.0 Å². The van der Waals surface area contributed by atoms with Gasteiger partial charge >= 0.3 is 0 Å². The Balaban J connectivity index is 2.01. The van der Waals surface area contributed by atoms with Crippen molar-refractivity contribution in [1.29, 1.82) is 0 Å². The van der Waals surface area contributed by atoms with E-state index < -0.39 is 0 Å². The minimum absolute atomic E-state index is 0.441. The summed E-state index contributed by atoms with van der Waals surface area (Å²) < 4.78 is 3.95. The molecule has 0 amide bonds. The van der Waals surface area contributed by atoms with Crippen LogP contribution >= 0.6 is 0 Å². The molecule has 2 aromatic heterocycles. The first-order chi connectivity index (χ1) is 10.8. The summed E-state index contributed by atoms with van der Waals surface area (Å²) in [4.78, 5) is 5.47. The monoisotopic (exact) mass is 296 g/mol. The van der Waals surface area contributed by atoms with E-state index in [2.05, 4.69) is 20.1 Å². The molecule has 2 aromatic rings. The Morgan fingerprint density at radius 2 is 1.09 bits per heavy atom. The summed E-state index contributed by atoms with van der Waals surface area (Å²) in [6.45, 7) is 2.21. The SMILES string of the molecule is [N-]=[N+]=NCC[n+]1ccc(-c2cc[n+](CCN=[N+]=[N-])cc2)cc1. The average Bonchev–Trinajstić information content (AvgIpc) is 2.57. The van der Waals surface area contributed by atoms with Gasteiger partial charge in [0, 0.05) is 34.1 Å². The van der Waals surface area contributed by atoms with E-state index in [1.54, 1.807) is 0 Å². The van der Waals surface area contributed by atoms with E-state index in [-0.39, 0.29) is 0 Å². The molecule has 0 aliphatic rings. The number of nitrogens with zero attached hydrogens (tertiary/aromatic N) is 8. The van der Waals surface area contributed by atoms with Crippen LogP contribution in [0, 0.1) is 0 Å². The van der Waals surface area contributed by atoms with Gasteiger partial charge in [-0.05, 0) is 22.2 Å². The number of rotatable bonds is 7. The molecule has 0 saturated carbocycles. The first-order valence-corrected chi connectivity index (χ1v) is 6.84. The maximum Gasteiger partial charge on any atom is 0.169 e. The van der Waals surface area contributed by atoms with Gasteiger partial charge in [0.2, 0.25) is 0 Å². The fraction of sp³-hybridized carbons (Fsp3) is 0.286. The summed E-state index contributed by atoms with van der Waals surface area (Å²) in [5, 5.41) is 7.03. The molecule has 0 fully saturated rings. The smallest absolute Gasteiger partial charge is 0.169 e. The molecule has 0 N–H and O–H groups in total. The molecule has 0 bridgehead atoms. The van der Waals surface area contributed by atoms with Gasteiger partial charge in [-0.1, -0.05) is 10.2 Å². The second-order valence-corrected chi connectivity index (χ2v) is 4.56. The summed E-state index contributed by atoms with van der Waals surface area (Å²) in [7, 11) is 0. The molecule has 0 unspecified atom stereocenters. The normalized spacial score (nSPS) is 9.64. The van der Waals surface area contributed by atoms with Gasteiger partial charge in [-0.15, -0.1) is 0 Å². The minimum atomic E-state index is 0.441. The van der Waals surface area contributed by atoms with Crippen molar-refractivity contribution in [3.63, 3.8) is 0 Å². The van der Waals surface area contributed by atoms with Gasteiger partial charge in [0.15, 0.2) is 37.9 Å². The van der Waals surface area contributed by atoms with Crippen molar-refractivity contribution in [3.05, 3.63) is 69.9 Å². The lowest BCUT2D eigenvalue weighted by atomic mass is 10.1. The van der Waals surface area contributed by atoms with E-state index >= 15 is 0 Å². The second-order valence-electron chi connectivity index (χ2n) is 4.56. The van der Waals surface area contributed by atoms with Gasteiger partial charge in [0.1, 0.15) is 0 Å². The Labute approximate surface area is 127 Å². The maximum atomic E-state index is 8.25. The summed E-state index contributed by atoms with van der Waals surface area (Å²) >= 11 is 0. The zero-order valence-electron chi connectivity index (χ0n) is 12.0. The van der Waals surface area contributed by atoms with Crippen molar-refractivity contribution >= 4 is 0 Å². The first-order valence-electron chi connectivity index (χ1n) is 6.84. The zero-order chi connectivity index (χ0) is 15.6. The molecular weight excluding hydrogens is 280 g/mol. The van der Waals surface area contributed by atoms with E-state index in [1.807, 2.05) is 58.2 Å². The van der Waals surface area contributed by atoms with Crippen molar-refractivity contribution in [1.82, 2.24) is 0 Å². The fourth-order valence-corrected chi connectivity index (χ4v) is 2.01. The van der Waals surface area contributed by atoms with Crippen LogP contribution in [0.3, 0.4) is 0 Å². The number of hydrogen-bond donors (Lipinski definition) is 0. The molecular formula is C14H16N8+2. The summed E-state index contributed by atoms with van der Waals surface area (Å²) in [5.74, 6) is 0. The molecule has 0 spiro atoms. The lowest BCUT2D eigenvalue weighted by Gasteiger charge is -2.00. The largest absolute Gasteiger partial charge is 0.205 e. The van der Waals surface area contributed by atoms with Crippen LogP contribution in [0.4, 0.5) is 0 Å². The van der Waals surface area contributed by atoms with Crippen molar-refractivity contribution in [2.24, 2.45) is 10.2 Å². The molecule has 0 aliphatic heterocycles. The summed E-state index contributed by atoms with van der Waals surface area (Å²) in [6.07, 6.45) is 7.85. The van der Waals surface area contributed by atoms with Crippen LogP contribution in [-0.2, 0) is 13.1 Å². The number of aromatic nitrogens is 2. The van der Waals surface area contributed by atoms with Crippen molar-refractivity contribution < 1.29 is 9.13 Å². The Morgan fingerprint density at radius 3 is 1.41 bits per heavy atom. The molecule has 8 heteroatoms. The summed E-state index contributed by atoms with van der Waals surface area (Å²) in [5.41, 5.74) is 18.7. The standard InChI is InChI=1S/C14H16N8/c15-19-17-5-11-21-7-1-13(2-8-21)14-3-9-22(10-4-14)12-6-18-20-16/h1-4,7-10H,5-6,11-12H2/q+2. The molecule has 0 saturated heterocycles. The molecule has 0 aliphatic carbocycles. The lowest BCUT2D eigenvalue weighted by Crippen LogP contribution is -2.34. The van der Waals surface area contributed by atoms with Crippen molar-refractivity contribution in [2.75, 3.05) is 13.1 Å². The number of hydrogen-bond acceptors (Lipinski definition) is 2. The Bertz CT molecular complexity index is 631. The number of azide groups is 2. The Morgan fingerprint density at radius 1 is 0.727 bits per heavy atom. The third-order valence-corrected chi connectivity index (χ3v) is 3.16. The van der Waals surface area contributed by atoms with Gasteiger partial charge in [-0.2, -0.15) is 0 Å². The average molecular weight is 296 g/mol. The van der Waals surface area contributed by atoms with E-state index in [4.69, 9.17) is 11.1 Å².